The maximum Gasteiger partial charge on any atom is 0.268 e. The molecule has 2 aromatic heterocycles. The van der Waals surface area contributed by atoms with E-state index in [1.54, 1.807) is 43.5 Å². The van der Waals surface area contributed by atoms with Gasteiger partial charge >= 0.3 is 0 Å². The lowest BCUT2D eigenvalue weighted by molar-refractivity contribution is 0.589. The highest BCUT2D eigenvalue weighted by atomic mass is 79.9. The minimum absolute atomic E-state index is 0.205. The summed E-state index contributed by atoms with van der Waals surface area (Å²) in [6.07, 6.45) is 4.53. The minimum Gasteiger partial charge on any atom is -0.249 e. The van der Waals surface area contributed by atoms with E-state index >= 15 is 0 Å². The first-order valence-electron chi connectivity index (χ1n) is 7.40. The number of halogens is 1. The van der Waals surface area contributed by atoms with Gasteiger partial charge in [0.2, 0.25) is 0 Å². The molecule has 7 heteroatoms. The second-order valence-electron chi connectivity index (χ2n) is 5.64. The van der Waals surface area contributed by atoms with Crippen LogP contribution in [0.2, 0.25) is 0 Å². The van der Waals surface area contributed by atoms with Gasteiger partial charge in [-0.1, -0.05) is 17.7 Å². The highest BCUT2D eigenvalue weighted by molar-refractivity contribution is 9.10. The fourth-order valence-electron chi connectivity index (χ4n) is 2.58. The zero-order valence-corrected chi connectivity index (χ0v) is 16.0. The molecule has 0 saturated heterocycles. The van der Waals surface area contributed by atoms with Crippen molar-refractivity contribution in [3.05, 3.63) is 64.5 Å². The summed E-state index contributed by atoms with van der Waals surface area (Å²) >= 11 is 3.29. The number of nitrogens with zero attached hydrogens (tertiary/aromatic N) is 3. The van der Waals surface area contributed by atoms with E-state index in [2.05, 4.69) is 20.9 Å². The van der Waals surface area contributed by atoms with Crippen LogP contribution in [-0.2, 0) is 10.0 Å². The molecule has 126 valence electrons. The van der Waals surface area contributed by atoms with Crippen LogP contribution >= 0.6 is 15.9 Å². The smallest absolute Gasteiger partial charge is 0.249 e. The number of nitriles is 1. The number of aryl methyl sites for hydroxylation is 1. The van der Waals surface area contributed by atoms with Crippen LogP contribution in [0.15, 0.2) is 58.3 Å². The van der Waals surface area contributed by atoms with Crippen LogP contribution in [0.5, 0.6) is 0 Å². The summed E-state index contributed by atoms with van der Waals surface area (Å²) in [5.41, 5.74) is 2.82. The standard InChI is InChI=1S/C18H14BrN3O2S/c1-12-3-5-14(6-4-12)25(23,24)22-11-16(13(2)7-8-20)15-10-21-18(19)9-17(15)22/h3-7,9-11H,1-2H3/b13-7+. The molecule has 0 radical (unpaired) electrons. The molecule has 25 heavy (non-hydrogen) atoms. The van der Waals surface area contributed by atoms with Crippen LogP contribution in [-0.4, -0.2) is 17.4 Å². The molecule has 0 saturated carbocycles. The van der Waals surface area contributed by atoms with E-state index in [1.807, 2.05) is 13.0 Å². The molecule has 0 N–H and O–H groups in total. The largest absolute Gasteiger partial charge is 0.268 e. The Bertz CT molecular complexity index is 1140. The first-order chi connectivity index (χ1) is 11.8. The quantitative estimate of drug-likeness (QED) is 0.472. The number of benzene rings is 1. The van der Waals surface area contributed by atoms with Crippen molar-refractivity contribution >= 4 is 42.4 Å². The Hall–Kier alpha value is -2.43. The SMILES string of the molecule is C/C(=C\C#N)c1cn(S(=O)(=O)c2ccc(C)cc2)c2cc(Br)ncc12. The Balaban J connectivity index is 2.33. The van der Waals surface area contributed by atoms with Crippen molar-refractivity contribution in [2.45, 2.75) is 18.7 Å². The molecular formula is C18H14BrN3O2S. The Morgan fingerprint density at radius 2 is 2.00 bits per heavy atom. The molecule has 1 aromatic carbocycles. The molecule has 0 aliphatic carbocycles. The minimum atomic E-state index is -3.77. The Morgan fingerprint density at radius 3 is 2.64 bits per heavy atom. The molecule has 0 atom stereocenters. The maximum absolute atomic E-state index is 13.1. The molecule has 3 rings (SSSR count). The average Bonchev–Trinajstić information content (AvgIpc) is 2.95. The number of pyridine rings is 1. The topological polar surface area (TPSA) is 75.8 Å². The van der Waals surface area contributed by atoms with E-state index in [1.165, 1.54) is 16.2 Å². The molecule has 0 fully saturated rings. The Morgan fingerprint density at radius 1 is 1.32 bits per heavy atom. The lowest BCUT2D eigenvalue weighted by Crippen LogP contribution is -2.11. The van der Waals surface area contributed by atoms with Crippen molar-refractivity contribution in [2.24, 2.45) is 0 Å². The van der Waals surface area contributed by atoms with E-state index in [0.717, 1.165) is 5.56 Å². The highest BCUT2D eigenvalue weighted by Gasteiger charge is 2.22. The van der Waals surface area contributed by atoms with Crippen molar-refractivity contribution in [3.63, 3.8) is 0 Å². The van der Waals surface area contributed by atoms with Crippen molar-refractivity contribution in [2.75, 3.05) is 0 Å². The molecular weight excluding hydrogens is 402 g/mol. The molecule has 5 nitrogen and oxygen atoms in total. The predicted octanol–water partition coefficient (Wildman–Crippen LogP) is 4.27. The molecule has 0 aliphatic rings. The molecule has 0 unspecified atom stereocenters. The second kappa shape index (κ2) is 6.47. The summed E-state index contributed by atoms with van der Waals surface area (Å²) in [6.45, 7) is 3.67. The third-order valence-corrected chi connectivity index (χ3v) is 6.03. The zero-order chi connectivity index (χ0) is 18.2. The predicted molar refractivity (Wildman–Crippen MR) is 100 cm³/mol. The van der Waals surface area contributed by atoms with E-state index < -0.39 is 10.0 Å². The molecule has 0 bridgehead atoms. The molecule has 0 spiro atoms. The molecule has 3 aromatic rings. The van der Waals surface area contributed by atoms with Crippen LogP contribution in [0.4, 0.5) is 0 Å². The van der Waals surface area contributed by atoms with Crippen molar-refractivity contribution in [3.8, 4) is 6.07 Å². The van der Waals surface area contributed by atoms with Gasteiger partial charge in [-0.25, -0.2) is 17.4 Å². The molecule has 2 heterocycles. The Kier molecular flexibility index (Phi) is 4.50. The van der Waals surface area contributed by atoms with Gasteiger partial charge in [0.25, 0.3) is 10.0 Å². The highest BCUT2D eigenvalue weighted by Crippen LogP contribution is 2.31. The number of fused-ring (bicyclic) bond motifs is 1. The summed E-state index contributed by atoms with van der Waals surface area (Å²) in [4.78, 5) is 4.39. The normalized spacial score (nSPS) is 12.3. The Labute approximate surface area is 154 Å². The number of allylic oxidation sites excluding steroid dienone is 2. The number of hydrogen-bond acceptors (Lipinski definition) is 4. The van der Waals surface area contributed by atoms with Crippen molar-refractivity contribution in [1.29, 1.82) is 5.26 Å². The lowest BCUT2D eigenvalue weighted by Gasteiger charge is -2.08. The van der Waals surface area contributed by atoms with Gasteiger partial charge in [-0.05, 0) is 53.5 Å². The van der Waals surface area contributed by atoms with Gasteiger partial charge in [-0.3, -0.25) is 0 Å². The molecule has 0 aliphatic heterocycles. The third-order valence-electron chi connectivity index (χ3n) is 3.91. The van der Waals surface area contributed by atoms with Crippen molar-refractivity contribution in [1.82, 2.24) is 8.96 Å². The van der Waals surface area contributed by atoms with E-state index in [0.29, 0.717) is 26.6 Å². The number of aromatic nitrogens is 2. The monoisotopic (exact) mass is 415 g/mol. The maximum atomic E-state index is 13.1. The van der Waals surface area contributed by atoms with Gasteiger partial charge in [0, 0.05) is 29.4 Å². The summed E-state index contributed by atoms with van der Waals surface area (Å²) in [6, 6.07) is 10.3. The zero-order valence-electron chi connectivity index (χ0n) is 13.6. The summed E-state index contributed by atoms with van der Waals surface area (Å²) in [5, 5.41) is 9.58. The van der Waals surface area contributed by atoms with Crippen LogP contribution < -0.4 is 0 Å². The van der Waals surface area contributed by atoms with Crippen LogP contribution in [0.3, 0.4) is 0 Å². The fraction of sp³-hybridized carbons (Fsp3) is 0.111. The van der Waals surface area contributed by atoms with Gasteiger partial charge < -0.3 is 0 Å². The van der Waals surface area contributed by atoms with Gasteiger partial charge in [-0.15, -0.1) is 0 Å². The molecule has 0 amide bonds. The average molecular weight is 416 g/mol. The number of rotatable bonds is 3. The summed E-state index contributed by atoms with van der Waals surface area (Å²) in [5.74, 6) is 0. The van der Waals surface area contributed by atoms with Crippen LogP contribution in [0.1, 0.15) is 18.1 Å². The van der Waals surface area contributed by atoms with Gasteiger partial charge in [0.15, 0.2) is 0 Å². The number of hydrogen-bond donors (Lipinski definition) is 0. The lowest BCUT2D eigenvalue weighted by atomic mass is 10.1. The second-order valence-corrected chi connectivity index (χ2v) is 8.26. The van der Waals surface area contributed by atoms with E-state index in [4.69, 9.17) is 5.26 Å². The van der Waals surface area contributed by atoms with E-state index in [-0.39, 0.29) is 4.90 Å². The first kappa shape index (κ1) is 17.4. The van der Waals surface area contributed by atoms with E-state index in [9.17, 15) is 8.42 Å². The summed E-state index contributed by atoms with van der Waals surface area (Å²) < 4.78 is 28.0. The van der Waals surface area contributed by atoms with Gasteiger partial charge in [0.1, 0.15) is 4.60 Å². The van der Waals surface area contributed by atoms with Crippen molar-refractivity contribution < 1.29 is 8.42 Å². The van der Waals surface area contributed by atoms with Crippen LogP contribution in [0.25, 0.3) is 16.5 Å². The van der Waals surface area contributed by atoms with Crippen LogP contribution in [0, 0.1) is 18.3 Å². The van der Waals surface area contributed by atoms with Gasteiger partial charge in [-0.2, -0.15) is 5.26 Å². The summed E-state index contributed by atoms with van der Waals surface area (Å²) in [7, 11) is -3.77. The fourth-order valence-corrected chi connectivity index (χ4v) is 4.26. The van der Waals surface area contributed by atoms with Gasteiger partial charge in [0.05, 0.1) is 16.5 Å². The first-order valence-corrected chi connectivity index (χ1v) is 9.63. The third kappa shape index (κ3) is 3.11.